The Morgan fingerprint density at radius 1 is 1.27 bits per heavy atom. The minimum absolute atomic E-state index is 0.801. The second kappa shape index (κ2) is 8.44. The van der Waals surface area contributed by atoms with Gasteiger partial charge in [0.05, 0.1) is 13.7 Å². The topological polar surface area (TPSA) is 45.7 Å². The quantitative estimate of drug-likeness (QED) is 0.636. The van der Waals surface area contributed by atoms with Crippen molar-refractivity contribution < 1.29 is 4.74 Å². The molecule has 2 N–H and O–H groups in total. The lowest BCUT2D eigenvalue weighted by atomic mass is 10.1. The van der Waals surface area contributed by atoms with Crippen molar-refractivity contribution >= 4 is 17.3 Å². The molecule has 0 unspecified atom stereocenters. The van der Waals surface area contributed by atoms with Crippen molar-refractivity contribution in [3.8, 4) is 5.75 Å². The van der Waals surface area contributed by atoms with Gasteiger partial charge in [0.2, 0.25) is 0 Å². The van der Waals surface area contributed by atoms with Gasteiger partial charge in [-0.15, -0.1) is 11.3 Å². The number of benzene rings is 1. The van der Waals surface area contributed by atoms with Crippen LogP contribution in [0.5, 0.6) is 5.75 Å². The molecule has 22 heavy (non-hydrogen) atoms. The fraction of sp³-hybridized carbons (Fsp3) is 0.353. The first kappa shape index (κ1) is 16.4. The number of hydrogen-bond acceptors (Lipinski definition) is 3. The average Bonchev–Trinajstić information content (AvgIpc) is 3.05. The predicted octanol–water partition coefficient (Wildman–Crippen LogP) is 2.97. The third-order valence-electron chi connectivity index (χ3n) is 3.41. The second-order valence-corrected chi connectivity index (χ2v) is 6.02. The van der Waals surface area contributed by atoms with Crippen LogP contribution in [-0.2, 0) is 13.0 Å². The molecule has 0 spiro atoms. The average molecular weight is 317 g/mol. The molecule has 118 valence electrons. The Morgan fingerprint density at radius 2 is 2.14 bits per heavy atom. The smallest absolute Gasteiger partial charge is 0.191 e. The van der Waals surface area contributed by atoms with Crippen LogP contribution in [0.15, 0.2) is 40.7 Å². The van der Waals surface area contributed by atoms with E-state index in [0.29, 0.717) is 0 Å². The number of rotatable bonds is 6. The zero-order valence-corrected chi connectivity index (χ0v) is 14.2. The molecule has 1 heterocycles. The van der Waals surface area contributed by atoms with E-state index in [1.165, 1.54) is 10.4 Å². The number of nitrogens with zero attached hydrogens (tertiary/aromatic N) is 1. The van der Waals surface area contributed by atoms with Gasteiger partial charge in [0.15, 0.2) is 5.96 Å². The van der Waals surface area contributed by atoms with Crippen molar-refractivity contribution in [3.63, 3.8) is 0 Å². The minimum Gasteiger partial charge on any atom is -0.496 e. The summed E-state index contributed by atoms with van der Waals surface area (Å²) in [4.78, 5) is 5.54. The van der Waals surface area contributed by atoms with Crippen molar-refractivity contribution in [2.75, 3.05) is 20.7 Å². The van der Waals surface area contributed by atoms with E-state index in [1.54, 1.807) is 25.5 Å². The molecule has 1 aromatic heterocycles. The predicted molar refractivity (Wildman–Crippen MR) is 94.0 cm³/mol. The van der Waals surface area contributed by atoms with Gasteiger partial charge in [-0.05, 0) is 42.0 Å². The summed E-state index contributed by atoms with van der Waals surface area (Å²) in [5.74, 6) is 1.77. The zero-order valence-electron chi connectivity index (χ0n) is 13.3. The largest absolute Gasteiger partial charge is 0.496 e. The first-order valence-corrected chi connectivity index (χ1v) is 8.21. The minimum atomic E-state index is 0.801. The monoisotopic (exact) mass is 317 g/mol. The molecule has 5 heteroatoms. The summed E-state index contributed by atoms with van der Waals surface area (Å²) < 4.78 is 5.36. The second-order valence-electron chi connectivity index (χ2n) is 4.99. The van der Waals surface area contributed by atoms with E-state index >= 15 is 0 Å². The fourth-order valence-electron chi connectivity index (χ4n) is 2.15. The summed E-state index contributed by atoms with van der Waals surface area (Å²) in [6, 6.07) is 10.5. The fourth-order valence-corrected chi connectivity index (χ4v) is 2.79. The molecule has 2 aromatic rings. The Bertz CT molecular complexity index is 608. The molecule has 0 amide bonds. The molecule has 0 saturated carbocycles. The van der Waals surface area contributed by atoms with Gasteiger partial charge in [-0.3, -0.25) is 4.99 Å². The van der Waals surface area contributed by atoms with Gasteiger partial charge in [-0.2, -0.15) is 0 Å². The zero-order chi connectivity index (χ0) is 15.8. The van der Waals surface area contributed by atoms with Crippen molar-refractivity contribution in [2.45, 2.75) is 19.9 Å². The summed E-state index contributed by atoms with van der Waals surface area (Å²) >= 11 is 1.74. The Balaban J connectivity index is 1.79. The summed E-state index contributed by atoms with van der Waals surface area (Å²) in [7, 11) is 3.50. The maximum atomic E-state index is 5.36. The summed E-state index contributed by atoms with van der Waals surface area (Å²) in [6.45, 7) is 3.68. The third-order valence-corrected chi connectivity index (χ3v) is 4.29. The lowest BCUT2D eigenvalue weighted by molar-refractivity contribution is 0.411. The maximum Gasteiger partial charge on any atom is 0.191 e. The number of methoxy groups -OCH3 is 1. The van der Waals surface area contributed by atoms with Crippen LogP contribution in [0.4, 0.5) is 0 Å². The molecule has 0 aliphatic rings. The Kier molecular flexibility index (Phi) is 6.27. The van der Waals surface area contributed by atoms with Gasteiger partial charge < -0.3 is 15.4 Å². The van der Waals surface area contributed by atoms with E-state index in [9.17, 15) is 0 Å². The molecule has 0 saturated heterocycles. The lowest BCUT2D eigenvalue weighted by Gasteiger charge is -2.12. The van der Waals surface area contributed by atoms with E-state index < -0.39 is 0 Å². The molecule has 0 aliphatic heterocycles. The summed E-state index contributed by atoms with van der Waals surface area (Å²) in [6.07, 6.45) is 0.927. The number of nitrogens with one attached hydrogen (secondary N) is 2. The standard InChI is InChI=1S/C17H23N3OS/c1-13-6-7-14(11-16(13)21-3)8-9-19-17(18-2)20-12-15-5-4-10-22-15/h4-7,10-11H,8-9,12H2,1-3H3,(H2,18,19,20). The highest BCUT2D eigenvalue weighted by Gasteiger charge is 2.02. The van der Waals surface area contributed by atoms with Crippen molar-refractivity contribution in [1.82, 2.24) is 10.6 Å². The maximum absolute atomic E-state index is 5.36. The first-order chi connectivity index (χ1) is 10.7. The molecular formula is C17H23N3OS. The SMILES string of the molecule is CN=C(NCCc1ccc(C)c(OC)c1)NCc1cccs1. The highest BCUT2D eigenvalue weighted by molar-refractivity contribution is 7.09. The van der Waals surface area contributed by atoms with Crippen LogP contribution in [0, 0.1) is 6.92 Å². The van der Waals surface area contributed by atoms with Crippen molar-refractivity contribution in [1.29, 1.82) is 0 Å². The third kappa shape index (κ3) is 4.77. The van der Waals surface area contributed by atoms with Crippen LogP contribution in [0.25, 0.3) is 0 Å². The highest BCUT2D eigenvalue weighted by atomic mass is 32.1. The Morgan fingerprint density at radius 3 is 2.82 bits per heavy atom. The van der Waals surface area contributed by atoms with E-state index in [4.69, 9.17) is 4.74 Å². The lowest BCUT2D eigenvalue weighted by Crippen LogP contribution is -2.37. The molecular weight excluding hydrogens is 294 g/mol. The van der Waals surface area contributed by atoms with Crippen LogP contribution >= 0.6 is 11.3 Å². The van der Waals surface area contributed by atoms with Crippen LogP contribution in [-0.4, -0.2) is 26.7 Å². The van der Waals surface area contributed by atoms with Crippen molar-refractivity contribution in [2.24, 2.45) is 4.99 Å². The number of aryl methyl sites for hydroxylation is 1. The van der Waals surface area contributed by atoms with E-state index in [-0.39, 0.29) is 0 Å². The summed E-state index contributed by atoms with van der Waals surface area (Å²) in [5.41, 5.74) is 2.41. The van der Waals surface area contributed by atoms with Crippen LogP contribution in [0.1, 0.15) is 16.0 Å². The van der Waals surface area contributed by atoms with Crippen molar-refractivity contribution in [3.05, 3.63) is 51.7 Å². The Hall–Kier alpha value is -2.01. The van der Waals surface area contributed by atoms with Crippen LogP contribution in [0.2, 0.25) is 0 Å². The van der Waals surface area contributed by atoms with Gasteiger partial charge in [0.25, 0.3) is 0 Å². The van der Waals surface area contributed by atoms with Gasteiger partial charge in [0, 0.05) is 18.5 Å². The molecule has 1 aromatic carbocycles. The number of thiophene rings is 1. The Labute approximate surface area is 136 Å². The molecule has 0 aliphatic carbocycles. The number of ether oxygens (including phenoxy) is 1. The number of aliphatic imine (C=N–C) groups is 1. The van der Waals surface area contributed by atoms with Gasteiger partial charge in [-0.1, -0.05) is 18.2 Å². The molecule has 0 radical (unpaired) electrons. The molecule has 2 rings (SSSR count). The summed E-state index contributed by atoms with van der Waals surface area (Å²) in [5, 5.41) is 8.73. The first-order valence-electron chi connectivity index (χ1n) is 7.33. The molecule has 4 nitrogen and oxygen atoms in total. The van der Waals surface area contributed by atoms with E-state index in [1.807, 2.05) is 0 Å². The van der Waals surface area contributed by atoms with Gasteiger partial charge in [-0.25, -0.2) is 0 Å². The normalized spacial score (nSPS) is 11.3. The van der Waals surface area contributed by atoms with Gasteiger partial charge in [0.1, 0.15) is 5.75 Å². The molecule has 0 fully saturated rings. The molecule has 0 atom stereocenters. The highest BCUT2D eigenvalue weighted by Crippen LogP contribution is 2.18. The van der Waals surface area contributed by atoms with E-state index in [2.05, 4.69) is 58.3 Å². The number of guanidine groups is 1. The van der Waals surface area contributed by atoms with Gasteiger partial charge >= 0.3 is 0 Å². The van der Waals surface area contributed by atoms with E-state index in [0.717, 1.165) is 36.8 Å². The molecule has 0 bridgehead atoms. The number of hydrogen-bond donors (Lipinski definition) is 2. The van der Waals surface area contributed by atoms with Crippen LogP contribution in [0.3, 0.4) is 0 Å². The van der Waals surface area contributed by atoms with Crippen LogP contribution < -0.4 is 15.4 Å².